The van der Waals surface area contributed by atoms with Gasteiger partial charge >= 0.3 is 0 Å². The van der Waals surface area contributed by atoms with Crippen LogP contribution in [0.15, 0.2) is 63.3 Å². The van der Waals surface area contributed by atoms with E-state index < -0.39 is 5.66 Å². The van der Waals surface area contributed by atoms with Gasteiger partial charge in [0.2, 0.25) is 0 Å². The molecule has 1 aromatic heterocycles. The van der Waals surface area contributed by atoms with E-state index in [0.29, 0.717) is 10.0 Å². The second kappa shape index (κ2) is 8.53. The second-order valence-corrected chi connectivity index (χ2v) is 8.83. The Morgan fingerprint density at radius 2 is 2.00 bits per heavy atom. The van der Waals surface area contributed by atoms with Crippen LogP contribution in [0, 0.1) is 5.92 Å². The number of hydrogen-bond donors (Lipinski definition) is 1. The lowest BCUT2D eigenvalue weighted by atomic mass is 10.1. The molecular weight excluding hydrogens is 415 g/mol. The van der Waals surface area contributed by atoms with Crippen LogP contribution in [0.5, 0.6) is 0 Å². The van der Waals surface area contributed by atoms with Gasteiger partial charge in [-0.05, 0) is 48.7 Å². The molecule has 1 N–H and O–H groups in total. The zero-order valence-corrected chi connectivity index (χ0v) is 18.1. The van der Waals surface area contributed by atoms with Gasteiger partial charge in [0.25, 0.3) is 0 Å². The number of azide groups is 1. The molecule has 0 fully saturated rings. The van der Waals surface area contributed by atoms with Crippen molar-refractivity contribution in [1.82, 2.24) is 10.3 Å². The molecule has 1 atom stereocenters. The first-order valence-corrected chi connectivity index (χ1v) is 10.3. The molecule has 1 aromatic carbocycles. The molecule has 0 amide bonds. The predicted molar refractivity (Wildman–Crippen MR) is 116 cm³/mol. The van der Waals surface area contributed by atoms with Crippen molar-refractivity contribution in [3.8, 4) is 0 Å². The number of nitrogens with one attached hydrogen (secondary N) is 1. The van der Waals surface area contributed by atoms with Gasteiger partial charge in [-0.15, -0.1) is 0 Å². The number of hydrogen-bond acceptors (Lipinski definition) is 5. The predicted octanol–water partition coefficient (Wildman–Crippen LogP) is 6.44. The molecule has 0 radical (unpaired) electrons. The van der Waals surface area contributed by atoms with Gasteiger partial charge < -0.3 is 5.32 Å². The van der Waals surface area contributed by atoms with Crippen molar-refractivity contribution in [1.29, 1.82) is 0 Å². The van der Waals surface area contributed by atoms with E-state index in [1.54, 1.807) is 24.0 Å². The lowest BCUT2D eigenvalue weighted by Crippen LogP contribution is -2.53. The Bertz CT molecular complexity index is 922. The summed E-state index contributed by atoms with van der Waals surface area (Å²) in [4.78, 5) is 10.5. The van der Waals surface area contributed by atoms with E-state index in [4.69, 9.17) is 28.7 Å². The summed E-state index contributed by atoms with van der Waals surface area (Å²) in [5.41, 5.74) is 9.28. The monoisotopic (exact) mass is 434 g/mol. The molecular formula is C19H20Cl2N6S. The van der Waals surface area contributed by atoms with Crippen molar-refractivity contribution in [2.45, 2.75) is 31.3 Å². The van der Waals surface area contributed by atoms with Crippen LogP contribution in [-0.2, 0) is 0 Å². The molecule has 1 unspecified atom stereocenters. The number of aromatic nitrogens is 1. The van der Waals surface area contributed by atoms with E-state index in [2.05, 4.69) is 39.1 Å². The topological polar surface area (TPSA) is 76.9 Å². The third kappa shape index (κ3) is 4.33. The maximum Gasteiger partial charge on any atom is 0.135 e. The van der Waals surface area contributed by atoms with E-state index in [-0.39, 0.29) is 12.5 Å². The molecule has 6 nitrogen and oxygen atoms in total. The molecule has 3 rings (SSSR count). The molecule has 1 aliphatic rings. The first-order chi connectivity index (χ1) is 13.3. The Kier molecular flexibility index (Phi) is 6.30. The summed E-state index contributed by atoms with van der Waals surface area (Å²) in [5.74, 6) is 0.980. The molecule has 1 aliphatic heterocycles. The maximum atomic E-state index is 8.88. The van der Waals surface area contributed by atoms with Crippen molar-refractivity contribution < 1.29 is 0 Å². The average Bonchev–Trinajstić information content (AvgIpc) is 2.93. The minimum absolute atomic E-state index is 0.219. The van der Waals surface area contributed by atoms with Crippen molar-refractivity contribution in [3.63, 3.8) is 0 Å². The largest absolute Gasteiger partial charge is 0.363 e. The third-order valence-corrected chi connectivity index (χ3v) is 5.78. The lowest BCUT2D eigenvalue weighted by molar-refractivity contribution is 0.416. The Balaban J connectivity index is 2.12. The maximum absolute atomic E-state index is 8.88. The average molecular weight is 435 g/mol. The van der Waals surface area contributed by atoms with E-state index in [1.807, 2.05) is 37.3 Å². The van der Waals surface area contributed by atoms with Crippen molar-refractivity contribution in [2.75, 3.05) is 11.4 Å². The molecule has 0 aliphatic carbocycles. The van der Waals surface area contributed by atoms with Gasteiger partial charge in [0.1, 0.15) is 16.5 Å². The van der Waals surface area contributed by atoms with Crippen LogP contribution in [0.25, 0.3) is 10.4 Å². The van der Waals surface area contributed by atoms with Gasteiger partial charge in [0.15, 0.2) is 0 Å². The summed E-state index contributed by atoms with van der Waals surface area (Å²) in [6.07, 6.45) is 1.75. The van der Waals surface area contributed by atoms with Crippen LogP contribution in [0.2, 0.25) is 10.0 Å². The highest BCUT2D eigenvalue weighted by Crippen LogP contribution is 2.44. The fourth-order valence-electron chi connectivity index (χ4n) is 3.06. The quantitative estimate of drug-likeness (QED) is 0.322. The number of rotatable bonds is 6. The van der Waals surface area contributed by atoms with Crippen LogP contribution < -0.4 is 10.2 Å². The third-order valence-electron chi connectivity index (χ3n) is 4.28. The summed E-state index contributed by atoms with van der Waals surface area (Å²) in [5, 5.41) is 9.53. The van der Waals surface area contributed by atoms with Crippen molar-refractivity contribution >= 4 is 40.8 Å². The SMILES string of the molecule is CC(C)C1=C(Sc2cc(Cl)cc(Cl)c2)N(c2ccccn2)C(C)(CN=[N+]=[N-])N1. The molecule has 9 heteroatoms. The number of halogens is 2. The smallest absolute Gasteiger partial charge is 0.135 e. The first kappa shape index (κ1) is 20.7. The first-order valence-electron chi connectivity index (χ1n) is 8.72. The molecule has 146 valence electrons. The number of pyridine rings is 1. The molecule has 28 heavy (non-hydrogen) atoms. The summed E-state index contributed by atoms with van der Waals surface area (Å²) >= 11 is 14.0. The minimum Gasteiger partial charge on any atom is -0.363 e. The van der Waals surface area contributed by atoms with Crippen LogP contribution in [0.1, 0.15) is 20.8 Å². The zero-order valence-electron chi connectivity index (χ0n) is 15.7. The van der Waals surface area contributed by atoms with Crippen LogP contribution in [-0.4, -0.2) is 17.2 Å². The molecule has 2 heterocycles. The minimum atomic E-state index is -0.648. The van der Waals surface area contributed by atoms with E-state index in [9.17, 15) is 0 Å². The Morgan fingerprint density at radius 3 is 2.57 bits per heavy atom. The van der Waals surface area contributed by atoms with Crippen molar-refractivity contribution in [2.24, 2.45) is 11.0 Å². The van der Waals surface area contributed by atoms with E-state index >= 15 is 0 Å². The van der Waals surface area contributed by atoms with Gasteiger partial charge in [0.05, 0.1) is 6.54 Å². The fourth-order valence-corrected chi connectivity index (χ4v) is 5.09. The number of allylic oxidation sites excluding steroid dienone is 1. The van der Waals surface area contributed by atoms with Gasteiger partial charge in [-0.3, -0.25) is 4.90 Å². The van der Waals surface area contributed by atoms with Crippen LogP contribution >= 0.6 is 35.0 Å². The fraction of sp³-hybridized carbons (Fsp3) is 0.316. The highest BCUT2D eigenvalue weighted by Gasteiger charge is 2.43. The summed E-state index contributed by atoms with van der Waals surface area (Å²) in [6.45, 7) is 6.46. The summed E-state index contributed by atoms with van der Waals surface area (Å²) < 4.78 is 0. The molecule has 0 saturated carbocycles. The second-order valence-electron chi connectivity index (χ2n) is 6.89. The highest BCUT2D eigenvalue weighted by molar-refractivity contribution is 8.03. The van der Waals surface area contributed by atoms with Crippen LogP contribution in [0.3, 0.4) is 0 Å². The highest BCUT2D eigenvalue weighted by atomic mass is 35.5. The lowest BCUT2D eigenvalue weighted by Gasteiger charge is -2.36. The van der Waals surface area contributed by atoms with E-state index in [0.717, 1.165) is 21.4 Å². The Morgan fingerprint density at radius 1 is 1.29 bits per heavy atom. The Labute approximate surface area is 178 Å². The molecule has 2 aromatic rings. The Hall–Kier alpha value is -2.05. The number of nitrogens with zero attached hydrogens (tertiary/aromatic N) is 5. The molecule has 0 saturated heterocycles. The van der Waals surface area contributed by atoms with E-state index in [1.165, 1.54) is 0 Å². The molecule has 0 spiro atoms. The molecule has 0 bridgehead atoms. The summed E-state index contributed by atoms with van der Waals surface area (Å²) in [7, 11) is 0. The van der Waals surface area contributed by atoms with Gasteiger partial charge in [-0.25, -0.2) is 4.98 Å². The van der Waals surface area contributed by atoms with Gasteiger partial charge in [-0.2, -0.15) is 0 Å². The van der Waals surface area contributed by atoms with Crippen molar-refractivity contribution in [3.05, 3.63) is 73.8 Å². The number of benzene rings is 1. The number of anilines is 1. The van der Waals surface area contributed by atoms with Gasteiger partial charge in [0, 0.05) is 31.7 Å². The van der Waals surface area contributed by atoms with Gasteiger partial charge in [-0.1, -0.05) is 60.0 Å². The zero-order chi connectivity index (χ0) is 20.3. The normalized spacial score (nSPS) is 19.0. The standard InChI is InChI=1S/C19H20Cl2N6S/c1-12(2)17-18(28-15-9-13(20)8-14(21)10-15)27(16-6-4-5-7-23-16)19(3,25-17)11-24-26-22/h4-10,12,25H,11H2,1-3H3. The van der Waals surface area contributed by atoms with Crippen LogP contribution in [0.4, 0.5) is 5.82 Å². The summed E-state index contributed by atoms with van der Waals surface area (Å²) in [6, 6.07) is 11.2. The number of thioether (sulfide) groups is 1.